The second-order valence-corrected chi connectivity index (χ2v) is 15.8. The summed E-state index contributed by atoms with van der Waals surface area (Å²) in [7, 11) is -1.71. The van der Waals surface area contributed by atoms with E-state index in [1.54, 1.807) is 0 Å². The summed E-state index contributed by atoms with van der Waals surface area (Å²) in [4.78, 5) is 0. The molecule has 0 N–H and O–H groups in total. The van der Waals surface area contributed by atoms with Crippen LogP contribution in [0.25, 0.3) is 10.9 Å². The van der Waals surface area contributed by atoms with Crippen molar-refractivity contribution in [2.24, 2.45) is 5.92 Å². The van der Waals surface area contributed by atoms with Gasteiger partial charge in [0.1, 0.15) is 0 Å². The Balaban J connectivity index is 1.78. The number of ether oxygens (including phenoxy) is 1. The molecule has 1 aliphatic rings. The molecule has 0 radical (unpaired) electrons. The first-order valence-electron chi connectivity index (χ1n) is 10.9. The van der Waals surface area contributed by atoms with Crippen LogP contribution in [-0.2, 0) is 15.6 Å². The minimum atomic E-state index is -1.71. The Labute approximate surface area is 185 Å². The molecule has 3 rings (SSSR count). The van der Waals surface area contributed by atoms with Crippen LogP contribution in [-0.4, -0.2) is 31.3 Å². The van der Waals surface area contributed by atoms with Gasteiger partial charge in [0.25, 0.3) is 0 Å². The van der Waals surface area contributed by atoms with E-state index >= 15 is 0 Å². The summed E-state index contributed by atoms with van der Waals surface area (Å²) >= 11 is 3.89. The van der Waals surface area contributed by atoms with Gasteiger partial charge in [-0.3, -0.25) is 0 Å². The normalized spacial score (nSPS) is 19.7. The molecule has 0 aliphatic carbocycles. The summed E-state index contributed by atoms with van der Waals surface area (Å²) in [6.07, 6.45) is 6.44. The van der Waals surface area contributed by atoms with E-state index in [-0.39, 0.29) is 11.3 Å². The van der Waals surface area contributed by atoms with Crippen molar-refractivity contribution in [3.63, 3.8) is 0 Å². The Kier molecular flexibility index (Phi) is 6.98. The molecule has 4 nitrogen and oxygen atoms in total. The van der Waals surface area contributed by atoms with E-state index < -0.39 is 8.32 Å². The molecule has 1 saturated heterocycles. The lowest BCUT2D eigenvalue weighted by Gasteiger charge is -2.37. The number of benzene rings is 1. The fraction of sp³-hybridized carbons (Fsp3) is 0.696. The van der Waals surface area contributed by atoms with Crippen molar-refractivity contribution < 1.29 is 9.16 Å². The quantitative estimate of drug-likeness (QED) is 0.417. The van der Waals surface area contributed by atoms with Crippen LogP contribution in [0.15, 0.2) is 16.7 Å². The van der Waals surface area contributed by atoms with Gasteiger partial charge in [-0.1, -0.05) is 27.7 Å². The van der Waals surface area contributed by atoms with E-state index in [4.69, 9.17) is 9.16 Å². The maximum absolute atomic E-state index is 6.47. The van der Waals surface area contributed by atoms with Crippen molar-refractivity contribution >= 4 is 35.2 Å². The average Bonchev–Trinajstić information content (AvgIpc) is 3.07. The third-order valence-electron chi connectivity index (χ3n) is 6.68. The van der Waals surface area contributed by atoms with Gasteiger partial charge >= 0.3 is 0 Å². The zero-order chi connectivity index (χ0) is 21.4. The molecule has 29 heavy (non-hydrogen) atoms. The third kappa shape index (κ3) is 4.97. The first-order chi connectivity index (χ1) is 13.5. The van der Waals surface area contributed by atoms with E-state index in [1.165, 1.54) is 27.4 Å². The smallest absolute Gasteiger partial charge is 0.191 e. The Bertz CT molecular complexity index is 851. The number of fused-ring (bicyclic) bond motifs is 1. The number of aryl methyl sites for hydroxylation is 1. The Morgan fingerprint density at radius 1 is 1.34 bits per heavy atom. The second-order valence-electron chi connectivity index (χ2n) is 10.2. The Hall–Kier alpha value is -0.693. The zero-order valence-corrected chi connectivity index (χ0v) is 21.7. The van der Waals surface area contributed by atoms with Crippen molar-refractivity contribution in [1.82, 2.24) is 9.78 Å². The van der Waals surface area contributed by atoms with Gasteiger partial charge in [-0.05, 0) is 89.8 Å². The van der Waals surface area contributed by atoms with Crippen LogP contribution in [0.1, 0.15) is 64.3 Å². The molecule has 2 aromatic rings. The molecule has 0 amide bonds. The predicted molar refractivity (Wildman–Crippen MR) is 127 cm³/mol. The van der Waals surface area contributed by atoms with Crippen LogP contribution >= 0.6 is 15.9 Å². The number of rotatable bonds is 6. The minimum Gasteiger partial charge on any atom is -0.417 e. The summed E-state index contributed by atoms with van der Waals surface area (Å²) in [5.41, 5.74) is 3.84. The molecule has 2 unspecified atom stereocenters. The number of hydrogen-bond donors (Lipinski definition) is 0. The largest absolute Gasteiger partial charge is 0.417 e. The summed E-state index contributed by atoms with van der Waals surface area (Å²) in [5, 5.41) is 6.11. The lowest BCUT2D eigenvalue weighted by Crippen LogP contribution is -2.41. The van der Waals surface area contributed by atoms with Crippen LogP contribution in [0.5, 0.6) is 0 Å². The lowest BCUT2D eigenvalue weighted by atomic mass is 9.96. The van der Waals surface area contributed by atoms with Crippen molar-refractivity contribution in [3.8, 4) is 0 Å². The average molecular weight is 482 g/mol. The van der Waals surface area contributed by atoms with Crippen molar-refractivity contribution in [3.05, 3.63) is 27.9 Å². The molecule has 162 valence electrons. The molecule has 1 fully saturated rings. The van der Waals surface area contributed by atoms with Gasteiger partial charge in [0.05, 0.1) is 11.7 Å². The number of hydrogen-bond acceptors (Lipinski definition) is 3. The van der Waals surface area contributed by atoms with E-state index in [1.807, 2.05) is 6.20 Å². The van der Waals surface area contributed by atoms with Crippen LogP contribution in [0.3, 0.4) is 0 Å². The van der Waals surface area contributed by atoms with E-state index in [2.05, 4.69) is 79.5 Å². The van der Waals surface area contributed by atoms with E-state index in [9.17, 15) is 0 Å². The zero-order valence-electron chi connectivity index (χ0n) is 19.1. The second kappa shape index (κ2) is 8.81. The summed E-state index contributed by atoms with van der Waals surface area (Å²) < 4.78 is 15.7. The SMILES string of the molecule is Cc1cc2c(cnn2C2CCCCO2)c(Br)c1CC(C)CO[Si](C)(C)C(C)(C)C. The third-order valence-corrected chi connectivity index (χ3v) is 12.1. The molecule has 6 heteroatoms. The summed E-state index contributed by atoms with van der Waals surface area (Å²) in [6, 6.07) is 2.28. The van der Waals surface area contributed by atoms with Gasteiger partial charge in [-0.25, -0.2) is 4.68 Å². The van der Waals surface area contributed by atoms with Crippen LogP contribution in [0.2, 0.25) is 18.1 Å². The van der Waals surface area contributed by atoms with Gasteiger partial charge in [-0.15, -0.1) is 0 Å². The van der Waals surface area contributed by atoms with E-state index in [0.717, 1.165) is 38.0 Å². The molecule has 1 aromatic heterocycles. The first-order valence-corrected chi connectivity index (χ1v) is 14.6. The number of halogens is 1. The minimum absolute atomic E-state index is 0.0651. The fourth-order valence-corrected chi connectivity index (χ4v) is 5.60. The molecule has 1 aliphatic heterocycles. The highest BCUT2D eigenvalue weighted by Gasteiger charge is 2.37. The maximum Gasteiger partial charge on any atom is 0.191 e. The molecular formula is C23H37BrN2O2Si. The van der Waals surface area contributed by atoms with Crippen LogP contribution in [0.4, 0.5) is 0 Å². The lowest BCUT2D eigenvalue weighted by molar-refractivity contribution is -0.0366. The standard InChI is InChI=1S/C23H37BrN2O2Si/c1-16(15-28-29(6,7)23(3,4)5)12-18-17(2)13-20-19(22(18)24)14-25-26(20)21-10-8-9-11-27-21/h13-14,16,21H,8-12,15H2,1-7H3. The molecule has 0 saturated carbocycles. The molecule has 2 heterocycles. The number of aromatic nitrogens is 2. The fourth-order valence-electron chi connectivity index (χ4n) is 3.68. The summed E-state index contributed by atoms with van der Waals surface area (Å²) in [6.45, 7) is 17.7. The van der Waals surface area contributed by atoms with Crippen LogP contribution in [0, 0.1) is 12.8 Å². The van der Waals surface area contributed by atoms with Gasteiger partial charge in [-0.2, -0.15) is 5.10 Å². The highest BCUT2D eigenvalue weighted by Crippen LogP contribution is 2.38. The predicted octanol–water partition coefficient (Wildman–Crippen LogP) is 7.01. The Morgan fingerprint density at radius 2 is 2.07 bits per heavy atom. The molecule has 2 atom stereocenters. The Morgan fingerprint density at radius 3 is 2.69 bits per heavy atom. The number of nitrogens with zero attached hydrogens (tertiary/aromatic N) is 2. The molecular weight excluding hydrogens is 444 g/mol. The highest BCUT2D eigenvalue weighted by atomic mass is 79.9. The van der Waals surface area contributed by atoms with Crippen molar-refractivity contribution in [1.29, 1.82) is 0 Å². The van der Waals surface area contributed by atoms with Gasteiger partial charge in [0.2, 0.25) is 0 Å². The maximum atomic E-state index is 6.47. The molecule has 1 aromatic carbocycles. The highest BCUT2D eigenvalue weighted by molar-refractivity contribution is 9.10. The van der Waals surface area contributed by atoms with Crippen LogP contribution < -0.4 is 0 Å². The first kappa shape index (κ1) is 23.0. The molecule has 0 bridgehead atoms. The monoisotopic (exact) mass is 480 g/mol. The molecule has 0 spiro atoms. The topological polar surface area (TPSA) is 36.3 Å². The van der Waals surface area contributed by atoms with Crippen molar-refractivity contribution in [2.75, 3.05) is 13.2 Å². The van der Waals surface area contributed by atoms with Crippen molar-refractivity contribution in [2.45, 2.75) is 84.7 Å². The van der Waals surface area contributed by atoms with Gasteiger partial charge in [0, 0.05) is 23.1 Å². The van der Waals surface area contributed by atoms with Gasteiger partial charge < -0.3 is 9.16 Å². The summed E-state index contributed by atoms with van der Waals surface area (Å²) in [5.74, 6) is 0.466. The van der Waals surface area contributed by atoms with E-state index in [0.29, 0.717) is 5.92 Å². The van der Waals surface area contributed by atoms with Gasteiger partial charge in [0.15, 0.2) is 14.5 Å².